The lowest BCUT2D eigenvalue weighted by molar-refractivity contribution is 0.755. The Kier molecular flexibility index (Phi) is 7.93. The van der Waals surface area contributed by atoms with E-state index in [-0.39, 0.29) is 10.8 Å². The second-order valence-electron chi connectivity index (χ2n) is 10.4. The van der Waals surface area contributed by atoms with Gasteiger partial charge in [0.2, 0.25) is 0 Å². The molecule has 2 heteroatoms. The summed E-state index contributed by atoms with van der Waals surface area (Å²) in [7, 11) is -1.68. The lowest BCUT2D eigenvalue weighted by Gasteiger charge is -2.52. The van der Waals surface area contributed by atoms with Crippen LogP contribution >= 0.6 is 15.8 Å². The van der Waals surface area contributed by atoms with Crippen molar-refractivity contribution in [2.45, 2.75) is 24.7 Å². The van der Waals surface area contributed by atoms with Crippen LogP contribution in [0.2, 0.25) is 0 Å². The molecule has 40 heavy (non-hydrogen) atoms. The van der Waals surface area contributed by atoms with E-state index in [0.717, 1.165) is 0 Å². The average Bonchev–Trinajstić information content (AvgIpc) is 3.00. The largest absolute Gasteiger partial charge is 0.0676 e. The van der Waals surface area contributed by atoms with Gasteiger partial charge in [0.15, 0.2) is 0 Å². The summed E-state index contributed by atoms with van der Waals surface area (Å²) in [6.45, 7) is 4.63. The van der Waals surface area contributed by atoms with Gasteiger partial charge in [-0.3, -0.25) is 0 Å². The highest BCUT2D eigenvalue weighted by atomic mass is 31.2. The molecule has 0 N–H and O–H groups in total. The van der Waals surface area contributed by atoms with Gasteiger partial charge >= 0.3 is 0 Å². The third kappa shape index (κ3) is 4.92. The third-order valence-electron chi connectivity index (χ3n) is 7.85. The molecule has 0 aliphatic heterocycles. The van der Waals surface area contributed by atoms with Gasteiger partial charge in [-0.2, -0.15) is 0 Å². The van der Waals surface area contributed by atoms with E-state index in [0.29, 0.717) is 0 Å². The quantitative estimate of drug-likeness (QED) is 0.178. The van der Waals surface area contributed by atoms with Gasteiger partial charge in [0.05, 0.1) is 4.90 Å². The molecule has 196 valence electrons. The average molecular weight is 553 g/mol. The van der Waals surface area contributed by atoms with Crippen LogP contribution in [0.5, 0.6) is 0 Å². The Morgan fingerprint density at radius 1 is 0.475 bits per heavy atom. The Balaban J connectivity index is 1.77. The van der Waals surface area contributed by atoms with Gasteiger partial charge in [-0.1, -0.05) is 169 Å². The fourth-order valence-corrected chi connectivity index (χ4v) is 14.2. The Labute approximate surface area is 241 Å². The summed E-state index contributed by atoms with van der Waals surface area (Å²) in [6.07, 6.45) is 7.31. The monoisotopic (exact) mass is 552 g/mol. The predicted octanol–water partition coefficient (Wildman–Crippen LogP) is 8.56. The first-order valence-corrected chi connectivity index (χ1v) is 16.6. The molecule has 0 bridgehead atoms. The van der Waals surface area contributed by atoms with E-state index < -0.39 is 15.8 Å². The van der Waals surface area contributed by atoms with Crippen molar-refractivity contribution in [3.63, 3.8) is 0 Å². The Hall–Kier alpha value is -3.56. The molecule has 0 nitrogen and oxygen atoms in total. The highest BCUT2D eigenvalue weighted by molar-refractivity contribution is 7.91. The van der Waals surface area contributed by atoms with Crippen LogP contribution in [0.1, 0.15) is 24.0 Å². The molecule has 5 aromatic rings. The molecule has 6 rings (SSSR count). The standard InChI is InChI=1S/C38H34P2/c1-30-18-15-16-28-36(30)37-31(2)19-17-29-38(37,39(32-20-7-3-8-21-32)33-22-9-4-10-23-33)40(34-24-11-5-12-25-34)35-26-13-6-14-27-35/h3-29,37H,1-2H3/t37-/m0/s1. The van der Waals surface area contributed by atoms with E-state index in [4.69, 9.17) is 0 Å². The van der Waals surface area contributed by atoms with Gasteiger partial charge in [0.1, 0.15) is 0 Å². The maximum atomic E-state index is 2.61. The molecule has 0 fully saturated rings. The van der Waals surface area contributed by atoms with Crippen LogP contribution in [0, 0.1) is 6.92 Å². The summed E-state index contributed by atoms with van der Waals surface area (Å²) in [5.41, 5.74) is 4.21. The number of rotatable bonds is 7. The van der Waals surface area contributed by atoms with E-state index in [1.165, 1.54) is 37.9 Å². The topological polar surface area (TPSA) is 0 Å². The number of allylic oxidation sites excluding steroid dienone is 4. The smallest absolute Gasteiger partial charge is 0.0554 e. The van der Waals surface area contributed by atoms with Gasteiger partial charge in [0.25, 0.3) is 0 Å². The molecule has 0 amide bonds. The van der Waals surface area contributed by atoms with E-state index in [9.17, 15) is 0 Å². The van der Waals surface area contributed by atoms with Crippen molar-refractivity contribution in [3.05, 3.63) is 181 Å². The maximum absolute atomic E-state index is 2.61. The molecule has 0 saturated carbocycles. The minimum atomic E-state index is -0.841. The molecule has 5 aromatic carbocycles. The molecule has 1 aliphatic rings. The highest BCUT2D eigenvalue weighted by Gasteiger charge is 2.53. The van der Waals surface area contributed by atoms with E-state index in [1.54, 1.807) is 0 Å². The molecule has 0 spiro atoms. The van der Waals surface area contributed by atoms with Crippen molar-refractivity contribution >= 4 is 37.1 Å². The normalized spacial score (nSPS) is 16.2. The Morgan fingerprint density at radius 3 is 1.25 bits per heavy atom. The minimum Gasteiger partial charge on any atom is -0.0676 e. The molecule has 0 aromatic heterocycles. The molecular formula is C38H34P2. The van der Waals surface area contributed by atoms with Gasteiger partial charge < -0.3 is 0 Å². The van der Waals surface area contributed by atoms with Gasteiger partial charge in [-0.05, 0) is 62.0 Å². The molecule has 0 radical (unpaired) electrons. The second-order valence-corrected chi connectivity index (χ2v) is 15.6. The highest BCUT2D eigenvalue weighted by Crippen LogP contribution is 2.73. The van der Waals surface area contributed by atoms with E-state index >= 15 is 0 Å². The van der Waals surface area contributed by atoms with Crippen LogP contribution in [0.3, 0.4) is 0 Å². The SMILES string of the molecule is CC1=CC=CC(P(c2ccccc2)c2ccccc2)(P(c2ccccc2)c2ccccc2)[C@@H]1c1ccccc1C. The molecule has 0 unspecified atom stereocenters. The van der Waals surface area contributed by atoms with Crippen molar-refractivity contribution in [2.75, 3.05) is 0 Å². The fraction of sp³-hybridized carbons (Fsp3) is 0.105. The Morgan fingerprint density at radius 2 is 0.850 bits per heavy atom. The first-order chi connectivity index (χ1) is 19.7. The van der Waals surface area contributed by atoms with Crippen LogP contribution in [-0.4, -0.2) is 4.90 Å². The molecular weight excluding hydrogens is 518 g/mol. The lowest BCUT2D eigenvalue weighted by Crippen LogP contribution is -2.44. The third-order valence-corrected chi connectivity index (χ3v) is 14.6. The molecule has 0 heterocycles. The maximum Gasteiger partial charge on any atom is 0.0554 e. The van der Waals surface area contributed by atoms with Gasteiger partial charge in [0, 0.05) is 5.92 Å². The van der Waals surface area contributed by atoms with Gasteiger partial charge in [-0.15, -0.1) is 0 Å². The van der Waals surface area contributed by atoms with Crippen molar-refractivity contribution < 1.29 is 0 Å². The summed E-state index contributed by atoms with van der Waals surface area (Å²) >= 11 is 0. The van der Waals surface area contributed by atoms with Crippen molar-refractivity contribution in [3.8, 4) is 0 Å². The van der Waals surface area contributed by atoms with Crippen molar-refractivity contribution in [1.29, 1.82) is 0 Å². The summed E-state index contributed by atoms with van der Waals surface area (Å²) < 4.78 is 0. The second kappa shape index (κ2) is 11.9. The number of hydrogen-bond acceptors (Lipinski definition) is 0. The van der Waals surface area contributed by atoms with Crippen LogP contribution in [0.15, 0.2) is 169 Å². The van der Waals surface area contributed by atoms with Crippen molar-refractivity contribution in [2.24, 2.45) is 0 Å². The van der Waals surface area contributed by atoms with Crippen LogP contribution in [-0.2, 0) is 0 Å². The fourth-order valence-electron chi connectivity index (χ4n) is 6.19. The molecule has 1 aliphatic carbocycles. The lowest BCUT2D eigenvalue weighted by atomic mass is 9.83. The molecule has 1 atom stereocenters. The van der Waals surface area contributed by atoms with Crippen LogP contribution < -0.4 is 21.2 Å². The van der Waals surface area contributed by atoms with Crippen molar-refractivity contribution in [1.82, 2.24) is 0 Å². The summed E-state index contributed by atoms with van der Waals surface area (Å²) in [6, 6.07) is 54.2. The first-order valence-electron chi connectivity index (χ1n) is 13.9. The number of hydrogen-bond donors (Lipinski definition) is 0. The summed E-state index contributed by atoms with van der Waals surface area (Å²) in [5, 5.41) is 5.67. The first kappa shape index (κ1) is 26.7. The number of aryl methyl sites for hydroxylation is 1. The van der Waals surface area contributed by atoms with E-state index in [2.05, 4.69) is 178 Å². The minimum absolute atomic E-state index is 0.207. The van der Waals surface area contributed by atoms with E-state index in [1.807, 2.05) is 0 Å². The zero-order valence-electron chi connectivity index (χ0n) is 23.1. The zero-order valence-corrected chi connectivity index (χ0v) is 24.8. The zero-order chi connectivity index (χ0) is 27.4. The predicted molar refractivity (Wildman–Crippen MR) is 178 cm³/mol. The van der Waals surface area contributed by atoms with Crippen LogP contribution in [0.25, 0.3) is 0 Å². The summed E-state index contributed by atoms with van der Waals surface area (Å²) in [5.74, 6) is 0.219. The number of benzene rings is 5. The van der Waals surface area contributed by atoms with Crippen LogP contribution in [0.4, 0.5) is 0 Å². The summed E-state index contributed by atoms with van der Waals surface area (Å²) in [4.78, 5) is -0.207. The van der Waals surface area contributed by atoms with Gasteiger partial charge in [-0.25, -0.2) is 0 Å². The Bertz CT molecular complexity index is 1440. The molecule has 0 saturated heterocycles.